The lowest BCUT2D eigenvalue weighted by Crippen LogP contribution is -2.32. The van der Waals surface area contributed by atoms with Gasteiger partial charge in [-0.25, -0.2) is 0 Å². The SMILES string of the molecule is NC(Cc1c[nH]c2ccc(N(CCCl)CCCl)cc12)C(=O)O. The largest absolute Gasteiger partial charge is 0.480 e. The molecule has 0 fully saturated rings. The number of aromatic amines is 1. The van der Waals surface area contributed by atoms with Gasteiger partial charge in [0.2, 0.25) is 0 Å². The van der Waals surface area contributed by atoms with Crippen molar-refractivity contribution in [1.29, 1.82) is 0 Å². The first-order valence-corrected chi connectivity index (χ1v) is 8.09. The number of halogens is 2. The second-order valence-corrected chi connectivity index (χ2v) is 5.81. The van der Waals surface area contributed by atoms with E-state index in [4.69, 9.17) is 34.0 Å². The number of nitrogens with one attached hydrogen (secondary N) is 1. The van der Waals surface area contributed by atoms with Gasteiger partial charge in [-0.3, -0.25) is 4.79 Å². The first-order valence-electron chi connectivity index (χ1n) is 7.02. The molecule has 1 aromatic heterocycles. The van der Waals surface area contributed by atoms with Gasteiger partial charge in [-0.1, -0.05) is 0 Å². The molecule has 120 valence electrons. The van der Waals surface area contributed by atoms with Crippen molar-refractivity contribution in [1.82, 2.24) is 4.98 Å². The topological polar surface area (TPSA) is 82.4 Å². The standard InChI is InChI=1S/C15H19Cl2N3O2/c16-3-5-20(6-4-17)11-1-2-14-12(8-11)10(9-19-14)7-13(18)15(21)22/h1-2,8-9,13,19H,3-7,18H2,(H,21,22). The number of carbonyl (C=O) groups is 1. The number of nitrogens with two attached hydrogens (primary N) is 1. The summed E-state index contributed by atoms with van der Waals surface area (Å²) < 4.78 is 0. The van der Waals surface area contributed by atoms with E-state index in [1.54, 1.807) is 0 Å². The first kappa shape index (κ1) is 16.9. The Bertz CT molecular complexity index is 639. The summed E-state index contributed by atoms with van der Waals surface area (Å²) in [7, 11) is 0. The molecule has 0 bridgehead atoms. The van der Waals surface area contributed by atoms with Gasteiger partial charge in [0.1, 0.15) is 6.04 Å². The van der Waals surface area contributed by atoms with E-state index in [1.807, 2.05) is 24.4 Å². The number of carboxylic acid groups (broad SMARTS) is 1. The Kier molecular flexibility index (Phi) is 5.94. The average molecular weight is 344 g/mol. The van der Waals surface area contributed by atoms with Gasteiger partial charge >= 0.3 is 5.97 Å². The lowest BCUT2D eigenvalue weighted by molar-refractivity contribution is -0.138. The number of H-pyrrole nitrogens is 1. The molecule has 7 heteroatoms. The number of nitrogens with zero attached hydrogens (tertiary/aromatic N) is 1. The minimum absolute atomic E-state index is 0.282. The van der Waals surface area contributed by atoms with Crippen LogP contribution in [0, 0.1) is 0 Å². The second-order valence-electron chi connectivity index (χ2n) is 5.06. The fraction of sp³-hybridized carbons (Fsp3) is 0.400. The second kappa shape index (κ2) is 7.72. The van der Waals surface area contributed by atoms with Crippen LogP contribution in [0.1, 0.15) is 5.56 Å². The monoisotopic (exact) mass is 343 g/mol. The van der Waals surface area contributed by atoms with Crippen molar-refractivity contribution < 1.29 is 9.90 Å². The number of fused-ring (bicyclic) bond motifs is 1. The van der Waals surface area contributed by atoms with E-state index >= 15 is 0 Å². The quantitative estimate of drug-likeness (QED) is 0.642. The number of aliphatic carboxylic acids is 1. The first-order chi connectivity index (χ1) is 10.6. The zero-order chi connectivity index (χ0) is 16.1. The molecule has 1 atom stereocenters. The number of carboxylic acids is 1. The molecule has 1 heterocycles. The van der Waals surface area contributed by atoms with Crippen LogP contribution in [0.4, 0.5) is 5.69 Å². The normalized spacial score (nSPS) is 12.5. The van der Waals surface area contributed by atoms with E-state index in [0.29, 0.717) is 24.8 Å². The lowest BCUT2D eigenvalue weighted by atomic mass is 10.0. The van der Waals surface area contributed by atoms with Gasteiger partial charge in [0.25, 0.3) is 0 Å². The van der Waals surface area contributed by atoms with Crippen LogP contribution >= 0.6 is 23.2 Å². The number of rotatable bonds is 8. The van der Waals surface area contributed by atoms with Gasteiger partial charge in [0.15, 0.2) is 0 Å². The van der Waals surface area contributed by atoms with Crippen molar-refractivity contribution in [3.63, 3.8) is 0 Å². The van der Waals surface area contributed by atoms with Crippen molar-refractivity contribution in [2.45, 2.75) is 12.5 Å². The van der Waals surface area contributed by atoms with E-state index < -0.39 is 12.0 Å². The summed E-state index contributed by atoms with van der Waals surface area (Å²) in [6.45, 7) is 1.41. The molecule has 0 saturated heterocycles. The maximum atomic E-state index is 10.9. The molecule has 0 aliphatic carbocycles. The summed E-state index contributed by atoms with van der Waals surface area (Å²) in [5.41, 5.74) is 8.49. The van der Waals surface area contributed by atoms with E-state index in [-0.39, 0.29) is 6.42 Å². The minimum Gasteiger partial charge on any atom is -0.480 e. The summed E-state index contributed by atoms with van der Waals surface area (Å²) in [4.78, 5) is 16.2. The summed E-state index contributed by atoms with van der Waals surface area (Å²) in [5, 5.41) is 9.94. The molecule has 1 aromatic carbocycles. The van der Waals surface area contributed by atoms with Crippen LogP contribution in [0.3, 0.4) is 0 Å². The lowest BCUT2D eigenvalue weighted by Gasteiger charge is -2.23. The number of alkyl halides is 2. The molecular weight excluding hydrogens is 325 g/mol. The van der Waals surface area contributed by atoms with Gasteiger partial charge in [0.05, 0.1) is 0 Å². The number of aromatic nitrogens is 1. The zero-order valence-electron chi connectivity index (χ0n) is 12.1. The van der Waals surface area contributed by atoms with Crippen molar-refractivity contribution >= 4 is 45.8 Å². The van der Waals surface area contributed by atoms with Crippen molar-refractivity contribution in [2.24, 2.45) is 5.73 Å². The zero-order valence-corrected chi connectivity index (χ0v) is 13.6. The Balaban J connectivity index is 2.33. The Morgan fingerprint density at radius 2 is 2.00 bits per heavy atom. The maximum Gasteiger partial charge on any atom is 0.320 e. The van der Waals surface area contributed by atoms with Crippen LogP contribution in [0.2, 0.25) is 0 Å². The van der Waals surface area contributed by atoms with E-state index in [9.17, 15) is 4.79 Å². The fourth-order valence-corrected chi connectivity index (χ4v) is 2.84. The van der Waals surface area contributed by atoms with Gasteiger partial charge in [-0.15, -0.1) is 23.2 Å². The van der Waals surface area contributed by atoms with Crippen LogP contribution in [0.25, 0.3) is 10.9 Å². The number of benzene rings is 1. The molecule has 5 nitrogen and oxygen atoms in total. The molecule has 4 N–H and O–H groups in total. The van der Waals surface area contributed by atoms with Crippen LogP contribution < -0.4 is 10.6 Å². The highest BCUT2D eigenvalue weighted by Gasteiger charge is 2.16. The minimum atomic E-state index is -1.00. The smallest absolute Gasteiger partial charge is 0.320 e. The molecule has 0 saturated carbocycles. The summed E-state index contributed by atoms with van der Waals surface area (Å²) in [6.07, 6.45) is 2.09. The van der Waals surface area contributed by atoms with Crippen LogP contribution in [0.5, 0.6) is 0 Å². The highest BCUT2D eigenvalue weighted by atomic mass is 35.5. The van der Waals surface area contributed by atoms with Crippen molar-refractivity contribution in [2.75, 3.05) is 29.7 Å². The van der Waals surface area contributed by atoms with Gasteiger partial charge in [-0.05, 0) is 23.8 Å². The number of hydrogen-bond acceptors (Lipinski definition) is 3. The average Bonchev–Trinajstić information content (AvgIpc) is 2.89. The molecule has 22 heavy (non-hydrogen) atoms. The van der Waals surface area contributed by atoms with E-state index in [2.05, 4.69) is 9.88 Å². The Hall–Kier alpha value is -1.43. The predicted octanol–water partition coefficient (Wildman–Crippen LogP) is 2.41. The molecule has 0 amide bonds. The predicted molar refractivity (Wildman–Crippen MR) is 91.3 cm³/mol. The van der Waals surface area contributed by atoms with E-state index in [1.165, 1.54) is 0 Å². The summed E-state index contributed by atoms with van der Waals surface area (Å²) in [5.74, 6) is 0.0221. The van der Waals surface area contributed by atoms with Gasteiger partial charge < -0.3 is 20.7 Å². The third kappa shape index (κ3) is 3.85. The van der Waals surface area contributed by atoms with Crippen LogP contribution in [-0.2, 0) is 11.2 Å². The number of hydrogen-bond donors (Lipinski definition) is 3. The van der Waals surface area contributed by atoms with Gasteiger partial charge in [0, 0.05) is 54.1 Å². The Morgan fingerprint density at radius 3 is 2.59 bits per heavy atom. The van der Waals surface area contributed by atoms with Crippen LogP contribution in [0.15, 0.2) is 24.4 Å². The molecular formula is C15H19Cl2N3O2. The highest BCUT2D eigenvalue weighted by Crippen LogP contribution is 2.25. The number of anilines is 1. The third-order valence-electron chi connectivity index (χ3n) is 3.58. The van der Waals surface area contributed by atoms with Crippen molar-refractivity contribution in [3.05, 3.63) is 30.0 Å². The van der Waals surface area contributed by atoms with Gasteiger partial charge in [-0.2, -0.15) is 0 Å². The fourth-order valence-electron chi connectivity index (χ4n) is 2.43. The summed E-state index contributed by atoms with van der Waals surface area (Å²) >= 11 is 11.7. The van der Waals surface area contributed by atoms with Crippen LogP contribution in [-0.4, -0.2) is 47.0 Å². The molecule has 0 radical (unpaired) electrons. The highest BCUT2D eigenvalue weighted by molar-refractivity contribution is 6.18. The third-order valence-corrected chi connectivity index (χ3v) is 3.92. The Labute approximate surface area is 139 Å². The Morgan fingerprint density at radius 1 is 1.32 bits per heavy atom. The molecule has 2 rings (SSSR count). The molecule has 2 aromatic rings. The molecule has 0 aliphatic rings. The van der Waals surface area contributed by atoms with Crippen molar-refractivity contribution in [3.8, 4) is 0 Å². The molecule has 0 spiro atoms. The maximum absolute atomic E-state index is 10.9. The van der Waals surface area contributed by atoms with E-state index in [0.717, 1.165) is 22.2 Å². The molecule has 0 aliphatic heterocycles. The molecule has 1 unspecified atom stereocenters. The summed E-state index contributed by atoms with van der Waals surface area (Å²) in [6, 6.07) is 5.08.